The van der Waals surface area contributed by atoms with Gasteiger partial charge in [0.2, 0.25) is 11.8 Å². The number of fused-ring (bicyclic) bond motifs is 2. The first-order chi connectivity index (χ1) is 41.8. The van der Waals surface area contributed by atoms with Crippen molar-refractivity contribution in [2.45, 2.75) is 116 Å². The number of nitrogens with zero attached hydrogens (tertiary/aromatic N) is 12. The van der Waals surface area contributed by atoms with Crippen LogP contribution in [0.15, 0.2) is 125 Å². The molecule has 3 aromatic carbocycles. The van der Waals surface area contributed by atoms with Gasteiger partial charge in [0.15, 0.2) is 17.1 Å². The molecule has 5 aromatic heterocycles. The van der Waals surface area contributed by atoms with Gasteiger partial charge in [-0.15, -0.1) is 0 Å². The van der Waals surface area contributed by atoms with Gasteiger partial charge >= 0.3 is 11.4 Å². The van der Waals surface area contributed by atoms with E-state index in [1.54, 1.807) is 82.8 Å². The monoisotopic (exact) mass is 1250 g/mol. The average Bonchev–Trinajstić information content (AvgIpc) is 0.930. The number of anilines is 2. The summed E-state index contributed by atoms with van der Waals surface area (Å²) in [6.07, 6.45) is 5.79. The highest BCUT2D eigenvalue weighted by Crippen LogP contribution is 2.40. The third-order valence-electron chi connectivity index (χ3n) is 15.9. The molecule has 7 heterocycles. The molecule has 0 spiro atoms. The normalized spacial score (nSPS) is 17.4. The molecule has 17 nitrogen and oxygen atoms in total. The Hall–Kier alpha value is -8.33. The van der Waals surface area contributed by atoms with Crippen molar-refractivity contribution in [1.29, 1.82) is 0 Å². The van der Waals surface area contributed by atoms with Crippen LogP contribution < -0.4 is 21.2 Å². The molecule has 22 heteroatoms. The summed E-state index contributed by atoms with van der Waals surface area (Å²) in [6.45, 7) is 32.4. The van der Waals surface area contributed by atoms with E-state index in [1.165, 1.54) is 33.4 Å². The van der Waals surface area contributed by atoms with E-state index in [-0.39, 0.29) is 97.6 Å². The number of benzene rings is 3. The van der Waals surface area contributed by atoms with E-state index in [2.05, 4.69) is 29.7 Å². The Morgan fingerprint density at radius 2 is 1.02 bits per heavy atom. The predicted molar refractivity (Wildman–Crippen MR) is 348 cm³/mol. The van der Waals surface area contributed by atoms with Gasteiger partial charge in [0, 0.05) is 83.4 Å². The summed E-state index contributed by atoms with van der Waals surface area (Å²) in [4.78, 5) is 90.0. The standard InChI is InChI=1S/C34H37ClFN7O2.C32H33ClFN5O3S/c1-9-26-37-28(18(3)4)31(29(38-26)19(5)6)43-33-23(15-24(35)30(39-33)22-13-11-12-14-25(22)36)32(40-34(43)45)42-17-20(7)41(16-21(42)8)27(44)10-2;1-7-28(40)37-16-20(5)38(17-19(37)4)30-24-15-25(33)29(22-10-8-9-11-26(22)34)35-31(24)39(32(41)36-30)27-13-12-21(43(6)42)14-23(27)18(2)3/h9-15,18-21H,1-2,16-17H2,3-8H3;7-15,18-20H,1,16-17H2,2-6H3. The zero-order valence-corrected chi connectivity index (χ0v) is 53.4. The summed E-state index contributed by atoms with van der Waals surface area (Å²) in [6, 6.07) is 20.3. The highest BCUT2D eigenvalue weighted by Gasteiger charge is 2.37. The molecule has 458 valence electrons. The van der Waals surface area contributed by atoms with Crippen LogP contribution in [-0.2, 0) is 20.4 Å². The number of carbonyl (C=O) groups excluding carboxylic acids is 2. The van der Waals surface area contributed by atoms with Crippen LogP contribution in [0.25, 0.3) is 62.0 Å². The lowest BCUT2D eigenvalue weighted by molar-refractivity contribution is -0.129. The lowest BCUT2D eigenvalue weighted by Gasteiger charge is -2.44. The number of carbonyl (C=O) groups is 2. The van der Waals surface area contributed by atoms with E-state index in [0.29, 0.717) is 82.1 Å². The van der Waals surface area contributed by atoms with Crippen LogP contribution in [0.2, 0.25) is 10.0 Å². The van der Waals surface area contributed by atoms with Crippen molar-refractivity contribution < 1.29 is 22.6 Å². The highest BCUT2D eigenvalue weighted by atomic mass is 35.5. The second kappa shape index (κ2) is 26.2. The van der Waals surface area contributed by atoms with E-state index >= 15 is 4.39 Å². The number of rotatable bonds is 13. The topological polar surface area (TPSA) is 186 Å². The van der Waals surface area contributed by atoms with Gasteiger partial charge in [-0.3, -0.25) is 13.8 Å². The SMILES string of the molecule is C=CC(=O)N1CC(C)N(c2nc(=O)n(-c3c(C(C)C)nc(C=C)nc3C(C)C)c3nc(-c4ccccc4F)c(Cl)cc23)CC1C.C=CC(=O)N1CC(C)N(c2nc(=O)n(-c3ccc(S(C)=O)cc3C(C)C)c3nc(-c4ccccc4F)c(Cl)cc23)CC1C. The molecule has 2 aliphatic rings. The van der Waals surface area contributed by atoms with Crippen molar-refractivity contribution >= 4 is 85.6 Å². The van der Waals surface area contributed by atoms with Gasteiger partial charge < -0.3 is 19.6 Å². The lowest BCUT2D eigenvalue weighted by Crippen LogP contribution is -2.58. The zero-order valence-electron chi connectivity index (χ0n) is 51.1. The van der Waals surface area contributed by atoms with Crippen LogP contribution in [0.4, 0.5) is 20.4 Å². The van der Waals surface area contributed by atoms with E-state index in [1.807, 2.05) is 85.1 Å². The Balaban J connectivity index is 0.000000210. The Kier molecular flexibility index (Phi) is 19.1. The molecule has 5 unspecified atom stereocenters. The van der Waals surface area contributed by atoms with Gasteiger partial charge in [0.1, 0.15) is 23.3 Å². The maximum atomic E-state index is 15.1. The van der Waals surface area contributed by atoms with Crippen LogP contribution in [0.3, 0.4) is 0 Å². The number of hydrogen-bond acceptors (Lipinski definition) is 13. The number of halogens is 4. The average molecular weight is 1250 g/mol. The summed E-state index contributed by atoms with van der Waals surface area (Å²) >= 11 is 13.6. The number of pyridine rings is 2. The van der Waals surface area contributed by atoms with Gasteiger partial charge in [0.25, 0.3) is 0 Å². The van der Waals surface area contributed by atoms with Gasteiger partial charge in [-0.1, -0.05) is 109 Å². The second-order valence-electron chi connectivity index (χ2n) is 23.1. The molecule has 2 fully saturated rings. The van der Waals surface area contributed by atoms with Crippen molar-refractivity contribution in [2.75, 3.05) is 42.2 Å². The fourth-order valence-corrected chi connectivity index (χ4v) is 12.5. The molecule has 5 atom stereocenters. The molecule has 88 heavy (non-hydrogen) atoms. The Labute approximate surface area is 522 Å². The predicted octanol–water partition coefficient (Wildman–Crippen LogP) is 12.2. The van der Waals surface area contributed by atoms with Crippen molar-refractivity contribution in [1.82, 2.24) is 48.8 Å². The fourth-order valence-electron chi connectivity index (χ4n) is 11.5. The highest BCUT2D eigenvalue weighted by molar-refractivity contribution is 7.84. The first-order valence-corrected chi connectivity index (χ1v) is 31.3. The number of amides is 2. The second-order valence-corrected chi connectivity index (χ2v) is 25.3. The largest absolute Gasteiger partial charge is 0.355 e. The molecule has 10 rings (SSSR count). The van der Waals surface area contributed by atoms with Crippen LogP contribution >= 0.6 is 23.2 Å². The van der Waals surface area contributed by atoms with Crippen LogP contribution in [-0.4, -0.2) is 121 Å². The number of piperazine rings is 2. The molecule has 2 saturated heterocycles. The van der Waals surface area contributed by atoms with Gasteiger partial charge in [-0.25, -0.2) is 47.4 Å². The lowest BCUT2D eigenvalue weighted by atomic mass is 10.0. The van der Waals surface area contributed by atoms with Crippen LogP contribution in [0, 0.1) is 11.6 Å². The van der Waals surface area contributed by atoms with Crippen molar-refractivity contribution in [3.8, 4) is 33.9 Å². The molecule has 2 amide bonds. The van der Waals surface area contributed by atoms with E-state index < -0.39 is 33.8 Å². The molecule has 8 aromatic rings. The van der Waals surface area contributed by atoms with Crippen molar-refractivity contribution in [3.63, 3.8) is 0 Å². The molecule has 2 aliphatic heterocycles. The summed E-state index contributed by atoms with van der Waals surface area (Å²) in [5, 5.41) is 1.41. The Morgan fingerprint density at radius 1 is 0.591 bits per heavy atom. The van der Waals surface area contributed by atoms with Gasteiger partial charge in [-0.05, 0) is 124 Å². The quantitative estimate of drug-likeness (QED) is 0.0994. The Bertz CT molecular complexity index is 4240. The maximum absolute atomic E-state index is 15.1. The molecule has 0 aliphatic carbocycles. The summed E-state index contributed by atoms with van der Waals surface area (Å²) < 4.78 is 45.3. The molecular formula is C66H70Cl2F2N12O5S. The number of hydrogen-bond donors (Lipinski definition) is 0. The van der Waals surface area contributed by atoms with E-state index in [4.69, 9.17) is 43.1 Å². The first-order valence-electron chi connectivity index (χ1n) is 29.0. The number of aromatic nitrogens is 8. The minimum Gasteiger partial charge on any atom is -0.349 e. The van der Waals surface area contributed by atoms with Crippen LogP contribution in [0.1, 0.15) is 110 Å². The van der Waals surface area contributed by atoms with Crippen molar-refractivity contribution in [2.24, 2.45) is 0 Å². The molecule has 0 radical (unpaired) electrons. The first kappa shape index (κ1) is 64.2. The zero-order chi connectivity index (χ0) is 63.9. The smallest absolute Gasteiger partial charge is 0.349 e. The minimum absolute atomic E-state index is 0.0326. The minimum atomic E-state index is -1.23. The summed E-state index contributed by atoms with van der Waals surface area (Å²) in [5.41, 5.74) is 3.19. The Morgan fingerprint density at radius 3 is 1.42 bits per heavy atom. The molecule has 0 bridgehead atoms. The fraction of sp³-hybridized carbons (Fsp3) is 0.333. The summed E-state index contributed by atoms with van der Waals surface area (Å²) in [5.74, 6) is -0.339. The third-order valence-corrected chi connectivity index (χ3v) is 17.4. The van der Waals surface area contributed by atoms with E-state index in [9.17, 15) is 27.8 Å². The van der Waals surface area contributed by atoms with Crippen molar-refractivity contribution in [3.05, 3.63) is 176 Å². The van der Waals surface area contributed by atoms with Gasteiger partial charge in [0.05, 0.1) is 55.0 Å². The maximum Gasteiger partial charge on any atom is 0.355 e. The molecule has 0 N–H and O–H groups in total. The molecular weight excluding hydrogens is 1180 g/mol. The third kappa shape index (κ3) is 12.3. The van der Waals surface area contributed by atoms with Gasteiger partial charge in [-0.2, -0.15) is 9.97 Å². The van der Waals surface area contributed by atoms with E-state index in [0.717, 1.165) is 5.56 Å². The summed E-state index contributed by atoms with van der Waals surface area (Å²) in [7, 11) is -1.23. The van der Waals surface area contributed by atoms with Crippen LogP contribution in [0.5, 0.6) is 0 Å². The molecule has 0 saturated carbocycles.